The van der Waals surface area contributed by atoms with Gasteiger partial charge in [-0.3, -0.25) is 9.78 Å². The molecule has 3 aromatic heterocycles. The Morgan fingerprint density at radius 2 is 2.03 bits per heavy atom. The number of nitrogens with one attached hydrogen (secondary N) is 2. The molecule has 1 fully saturated rings. The quantitative estimate of drug-likeness (QED) is 0.474. The van der Waals surface area contributed by atoms with Crippen LogP contribution in [0, 0.1) is 5.92 Å². The molecule has 0 saturated heterocycles. The van der Waals surface area contributed by atoms with Crippen molar-refractivity contribution in [1.29, 1.82) is 0 Å². The van der Waals surface area contributed by atoms with E-state index in [9.17, 15) is 9.90 Å². The summed E-state index contributed by atoms with van der Waals surface area (Å²) in [5.41, 5.74) is 3.53. The van der Waals surface area contributed by atoms with E-state index in [1.165, 1.54) is 11.8 Å². The minimum absolute atomic E-state index is 0.00155. The first kappa shape index (κ1) is 23.0. The van der Waals surface area contributed by atoms with Crippen molar-refractivity contribution in [3.05, 3.63) is 47.8 Å². The van der Waals surface area contributed by atoms with Crippen LogP contribution in [0.2, 0.25) is 0 Å². The monoisotopic (exact) mass is 479 g/mol. The van der Waals surface area contributed by atoms with E-state index in [1.807, 2.05) is 24.3 Å². The Morgan fingerprint density at radius 1 is 1.18 bits per heavy atom. The van der Waals surface area contributed by atoms with Gasteiger partial charge in [0.05, 0.1) is 40.6 Å². The second-order valence-corrected chi connectivity index (χ2v) is 9.96. The highest BCUT2D eigenvalue weighted by Gasteiger charge is 2.27. The molecular formula is C25H29N5O3S. The Hall–Kier alpha value is -2.75. The smallest absolute Gasteiger partial charge is 0.235 e. The lowest BCUT2D eigenvalue weighted by molar-refractivity contribution is -0.113. The molecule has 1 aliphatic heterocycles. The topological polar surface area (TPSA) is 109 Å². The number of carbonyl (C=O) groups excluding carboxylic acids is 1. The summed E-state index contributed by atoms with van der Waals surface area (Å²) in [5, 5.41) is 17.5. The fourth-order valence-electron chi connectivity index (χ4n) is 4.79. The van der Waals surface area contributed by atoms with Gasteiger partial charge in [0, 0.05) is 31.3 Å². The standard InChI is InChI=1S/C25H29N5O3S/c1-33-23-9-7-19-24(30-23)16(10-11-26-19)12-20(31)15-2-4-17(5-3-15)27-13-18-6-8-21-25(28-18)29-22(32)14-34-21/h6-11,15,17,20,27,31H,2-5,12-14H2,1H3,(H,28,29,32)/t15?,17?,20-/m1/s1. The van der Waals surface area contributed by atoms with Crippen LogP contribution in [0.1, 0.15) is 36.9 Å². The number of rotatable bonds is 7. The van der Waals surface area contributed by atoms with Gasteiger partial charge < -0.3 is 20.5 Å². The molecule has 8 nitrogen and oxygen atoms in total. The third kappa shape index (κ3) is 5.16. The Morgan fingerprint density at radius 3 is 2.85 bits per heavy atom. The minimum Gasteiger partial charge on any atom is -0.481 e. The van der Waals surface area contributed by atoms with Crippen LogP contribution in [-0.2, 0) is 17.8 Å². The molecule has 0 aromatic carbocycles. The summed E-state index contributed by atoms with van der Waals surface area (Å²) in [7, 11) is 1.60. The molecule has 3 aromatic rings. The third-order valence-electron chi connectivity index (χ3n) is 6.70. The van der Waals surface area contributed by atoms with E-state index in [2.05, 4.69) is 25.6 Å². The highest BCUT2D eigenvalue weighted by molar-refractivity contribution is 8.00. The van der Waals surface area contributed by atoms with Crippen LogP contribution < -0.4 is 15.4 Å². The number of anilines is 1. The molecule has 4 heterocycles. The minimum atomic E-state index is -0.414. The van der Waals surface area contributed by atoms with Crippen molar-refractivity contribution in [3.63, 3.8) is 0 Å². The molecule has 0 radical (unpaired) electrons. The second kappa shape index (κ2) is 10.2. The molecule has 1 saturated carbocycles. The van der Waals surface area contributed by atoms with E-state index >= 15 is 0 Å². The van der Waals surface area contributed by atoms with E-state index in [0.717, 1.165) is 52.9 Å². The fraction of sp³-hybridized carbons (Fsp3) is 0.440. The maximum absolute atomic E-state index is 11.6. The normalized spacial score (nSPS) is 21.1. The van der Waals surface area contributed by atoms with E-state index in [4.69, 9.17) is 4.74 Å². The van der Waals surface area contributed by atoms with Crippen LogP contribution in [0.15, 0.2) is 41.4 Å². The molecule has 3 N–H and O–H groups in total. The van der Waals surface area contributed by atoms with Gasteiger partial charge in [-0.25, -0.2) is 9.97 Å². The number of ether oxygens (including phenoxy) is 1. The Bertz CT molecular complexity index is 1180. The number of carbonyl (C=O) groups is 1. The molecule has 0 unspecified atom stereocenters. The van der Waals surface area contributed by atoms with Gasteiger partial charge in [-0.15, -0.1) is 11.8 Å². The molecular weight excluding hydrogens is 450 g/mol. The number of hydrogen-bond acceptors (Lipinski definition) is 8. The Balaban J connectivity index is 1.14. The van der Waals surface area contributed by atoms with Crippen molar-refractivity contribution >= 4 is 34.5 Å². The summed E-state index contributed by atoms with van der Waals surface area (Å²) in [6, 6.07) is 10.1. The van der Waals surface area contributed by atoms with Gasteiger partial charge in [-0.05, 0) is 61.4 Å². The lowest BCUT2D eigenvalue weighted by Gasteiger charge is -2.32. The number of pyridine rings is 3. The van der Waals surface area contributed by atoms with Crippen molar-refractivity contribution in [2.45, 2.75) is 55.7 Å². The van der Waals surface area contributed by atoms with Crippen molar-refractivity contribution in [1.82, 2.24) is 20.3 Å². The highest BCUT2D eigenvalue weighted by Crippen LogP contribution is 2.31. The molecule has 2 aliphatic rings. The van der Waals surface area contributed by atoms with E-state index in [-0.39, 0.29) is 11.8 Å². The Kier molecular flexibility index (Phi) is 6.94. The first-order valence-corrected chi connectivity index (χ1v) is 12.7. The SMILES string of the molecule is COc1ccc2nccc(C[C@@H](O)C3CCC(NCc4ccc5c(n4)NC(=O)CS5)CC3)c2n1. The summed E-state index contributed by atoms with van der Waals surface area (Å²) < 4.78 is 5.27. The van der Waals surface area contributed by atoms with Crippen molar-refractivity contribution in [2.24, 2.45) is 5.92 Å². The van der Waals surface area contributed by atoms with Crippen molar-refractivity contribution in [3.8, 4) is 5.88 Å². The maximum atomic E-state index is 11.6. The molecule has 1 aliphatic carbocycles. The van der Waals surface area contributed by atoms with E-state index in [1.54, 1.807) is 19.4 Å². The molecule has 34 heavy (non-hydrogen) atoms. The first-order valence-electron chi connectivity index (χ1n) is 11.7. The molecule has 1 amide bonds. The van der Waals surface area contributed by atoms with Crippen LogP contribution in [0.3, 0.4) is 0 Å². The predicted molar refractivity (Wildman–Crippen MR) is 132 cm³/mol. The van der Waals surface area contributed by atoms with Gasteiger partial charge in [0.25, 0.3) is 0 Å². The molecule has 178 valence electrons. The number of hydrogen-bond donors (Lipinski definition) is 3. The fourth-order valence-corrected chi connectivity index (χ4v) is 5.55. The number of aliphatic hydroxyl groups is 1. The molecule has 5 rings (SSSR count). The number of amides is 1. The zero-order valence-corrected chi connectivity index (χ0v) is 20.0. The van der Waals surface area contributed by atoms with Crippen LogP contribution in [0.5, 0.6) is 5.88 Å². The third-order valence-corrected chi connectivity index (χ3v) is 7.75. The maximum Gasteiger partial charge on any atom is 0.235 e. The summed E-state index contributed by atoms with van der Waals surface area (Å²) >= 11 is 1.53. The number of nitrogens with zero attached hydrogens (tertiary/aromatic N) is 3. The number of aromatic nitrogens is 3. The van der Waals surface area contributed by atoms with Gasteiger partial charge in [-0.1, -0.05) is 0 Å². The summed E-state index contributed by atoms with van der Waals surface area (Å²) in [5.74, 6) is 1.94. The number of methoxy groups -OCH3 is 1. The summed E-state index contributed by atoms with van der Waals surface area (Å²) in [4.78, 5) is 26.2. The average molecular weight is 480 g/mol. The van der Waals surface area contributed by atoms with Gasteiger partial charge >= 0.3 is 0 Å². The molecule has 0 spiro atoms. The molecule has 9 heteroatoms. The van der Waals surface area contributed by atoms with E-state index < -0.39 is 6.10 Å². The highest BCUT2D eigenvalue weighted by atomic mass is 32.2. The zero-order valence-electron chi connectivity index (χ0n) is 19.2. The van der Waals surface area contributed by atoms with Crippen LogP contribution >= 0.6 is 11.8 Å². The molecule has 1 atom stereocenters. The summed E-state index contributed by atoms with van der Waals surface area (Å²) in [6.07, 6.45) is 5.91. The van der Waals surface area contributed by atoms with Gasteiger partial charge in [0.2, 0.25) is 11.8 Å². The predicted octanol–water partition coefficient (Wildman–Crippen LogP) is 3.33. The largest absolute Gasteiger partial charge is 0.481 e. The van der Waals surface area contributed by atoms with Gasteiger partial charge in [-0.2, -0.15) is 0 Å². The first-order chi connectivity index (χ1) is 16.6. The van der Waals surface area contributed by atoms with Crippen LogP contribution in [-0.4, -0.2) is 51.0 Å². The lowest BCUT2D eigenvalue weighted by Crippen LogP contribution is -2.36. The Labute approximate surface area is 202 Å². The number of fused-ring (bicyclic) bond motifs is 2. The van der Waals surface area contributed by atoms with Gasteiger partial charge in [0.15, 0.2) is 0 Å². The second-order valence-electron chi connectivity index (χ2n) is 8.94. The number of thioether (sulfide) groups is 1. The van der Waals surface area contributed by atoms with E-state index in [0.29, 0.717) is 36.5 Å². The lowest BCUT2D eigenvalue weighted by atomic mass is 9.81. The summed E-state index contributed by atoms with van der Waals surface area (Å²) in [6.45, 7) is 0.669. The average Bonchev–Trinajstić information content (AvgIpc) is 2.87. The van der Waals surface area contributed by atoms with Crippen molar-refractivity contribution < 1.29 is 14.6 Å². The van der Waals surface area contributed by atoms with Crippen LogP contribution in [0.25, 0.3) is 11.0 Å². The van der Waals surface area contributed by atoms with Crippen molar-refractivity contribution in [2.75, 3.05) is 18.2 Å². The zero-order chi connectivity index (χ0) is 23.5. The molecule has 0 bridgehead atoms. The number of aliphatic hydroxyl groups excluding tert-OH is 1. The van der Waals surface area contributed by atoms with Crippen LogP contribution in [0.4, 0.5) is 5.82 Å². The van der Waals surface area contributed by atoms with Gasteiger partial charge in [0.1, 0.15) is 5.82 Å².